The standard InChI is InChI=1S/C19H24N2O2/c1-15-7-6-10-17(13-15)23-12-11-21(2)19(22)18(20)14-16-8-4-3-5-9-16/h3-10,13,18H,11-12,14,20H2,1-2H3/t18-/m0/s1. The Morgan fingerprint density at radius 3 is 2.61 bits per heavy atom. The molecule has 2 aromatic rings. The molecule has 0 saturated carbocycles. The van der Waals surface area contributed by atoms with Crippen LogP contribution in [0.25, 0.3) is 0 Å². The molecular weight excluding hydrogens is 288 g/mol. The number of amides is 1. The van der Waals surface area contributed by atoms with Gasteiger partial charge < -0.3 is 15.4 Å². The maximum Gasteiger partial charge on any atom is 0.239 e. The third-order valence-electron chi connectivity index (χ3n) is 3.68. The third kappa shape index (κ3) is 5.42. The molecule has 0 heterocycles. The van der Waals surface area contributed by atoms with Crippen molar-refractivity contribution in [3.8, 4) is 5.75 Å². The lowest BCUT2D eigenvalue weighted by atomic mass is 10.1. The minimum atomic E-state index is -0.527. The molecule has 0 unspecified atom stereocenters. The number of benzene rings is 2. The Morgan fingerprint density at radius 1 is 1.17 bits per heavy atom. The van der Waals surface area contributed by atoms with Crippen LogP contribution in [0.4, 0.5) is 0 Å². The van der Waals surface area contributed by atoms with Crippen molar-refractivity contribution in [1.29, 1.82) is 0 Å². The van der Waals surface area contributed by atoms with Crippen LogP contribution in [0.2, 0.25) is 0 Å². The minimum absolute atomic E-state index is 0.0679. The Labute approximate surface area is 137 Å². The number of carbonyl (C=O) groups excluding carboxylic acids is 1. The fraction of sp³-hybridized carbons (Fsp3) is 0.316. The summed E-state index contributed by atoms with van der Waals surface area (Å²) >= 11 is 0. The number of hydrogen-bond acceptors (Lipinski definition) is 3. The fourth-order valence-electron chi connectivity index (χ4n) is 2.35. The zero-order valence-electron chi connectivity index (χ0n) is 13.7. The van der Waals surface area contributed by atoms with Gasteiger partial charge in [-0.25, -0.2) is 0 Å². The van der Waals surface area contributed by atoms with Crippen LogP contribution in [0.3, 0.4) is 0 Å². The van der Waals surface area contributed by atoms with Crippen LogP contribution >= 0.6 is 0 Å². The molecular formula is C19H24N2O2. The first-order valence-corrected chi connectivity index (χ1v) is 7.80. The minimum Gasteiger partial charge on any atom is -0.492 e. The molecule has 0 bridgehead atoms. The van der Waals surface area contributed by atoms with E-state index >= 15 is 0 Å². The Kier molecular flexibility index (Phi) is 6.18. The van der Waals surface area contributed by atoms with Crippen molar-refractivity contribution in [3.63, 3.8) is 0 Å². The summed E-state index contributed by atoms with van der Waals surface area (Å²) in [6.45, 7) is 2.98. The molecule has 0 fully saturated rings. The van der Waals surface area contributed by atoms with E-state index in [2.05, 4.69) is 0 Å². The van der Waals surface area contributed by atoms with Gasteiger partial charge in [0.15, 0.2) is 0 Å². The van der Waals surface area contributed by atoms with Crippen molar-refractivity contribution >= 4 is 5.91 Å². The molecule has 4 heteroatoms. The Hall–Kier alpha value is -2.33. The summed E-state index contributed by atoms with van der Waals surface area (Å²) in [5.41, 5.74) is 8.24. The molecule has 0 spiro atoms. The van der Waals surface area contributed by atoms with Crippen LogP contribution in [-0.2, 0) is 11.2 Å². The largest absolute Gasteiger partial charge is 0.492 e. The van der Waals surface area contributed by atoms with Gasteiger partial charge in [0.25, 0.3) is 0 Å². The summed E-state index contributed by atoms with van der Waals surface area (Å²) in [6, 6.07) is 17.1. The van der Waals surface area contributed by atoms with Crippen molar-refractivity contribution in [2.45, 2.75) is 19.4 Å². The van der Waals surface area contributed by atoms with Gasteiger partial charge in [-0.05, 0) is 36.6 Å². The number of rotatable bonds is 7. The highest BCUT2D eigenvalue weighted by Gasteiger charge is 2.18. The van der Waals surface area contributed by atoms with Crippen LogP contribution in [0.15, 0.2) is 54.6 Å². The van der Waals surface area contributed by atoms with Crippen LogP contribution in [0, 0.1) is 6.92 Å². The summed E-state index contributed by atoms with van der Waals surface area (Å²) in [7, 11) is 1.76. The van der Waals surface area contributed by atoms with E-state index in [1.165, 1.54) is 0 Å². The zero-order valence-corrected chi connectivity index (χ0v) is 13.7. The monoisotopic (exact) mass is 312 g/mol. The molecule has 1 amide bonds. The molecule has 4 nitrogen and oxygen atoms in total. The van der Waals surface area contributed by atoms with E-state index in [1.54, 1.807) is 11.9 Å². The lowest BCUT2D eigenvalue weighted by Gasteiger charge is -2.21. The predicted molar refractivity (Wildman–Crippen MR) is 92.4 cm³/mol. The first-order chi connectivity index (χ1) is 11.1. The van der Waals surface area contributed by atoms with E-state index in [0.29, 0.717) is 19.6 Å². The van der Waals surface area contributed by atoms with Gasteiger partial charge >= 0.3 is 0 Å². The fourth-order valence-corrected chi connectivity index (χ4v) is 2.35. The van der Waals surface area contributed by atoms with Gasteiger partial charge in [-0.3, -0.25) is 4.79 Å². The molecule has 1 atom stereocenters. The number of nitrogens with zero attached hydrogens (tertiary/aromatic N) is 1. The second kappa shape index (κ2) is 8.34. The SMILES string of the molecule is Cc1cccc(OCCN(C)C(=O)[C@@H](N)Cc2ccccc2)c1. The van der Waals surface area contributed by atoms with Crippen molar-refractivity contribution in [3.05, 3.63) is 65.7 Å². The van der Waals surface area contributed by atoms with Gasteiger partial charge in [0, 0.05) is 7.05 Å². The highest BCUT2D eigenvalue weighted by atomic mass is 16.5. The Balaban J connectivity index is 1.78. The summed E-state index contributed by atoms with van der Waals surface area (Å²) in [5.74, 6) is 0.751. The van der Waals surface area contributed by atoms with Crippen molar-refractivity contribution in [2.75, 3.05) is 20.2 Å². The number of nitrogens with two attached hydrogens (primary N) is 1. The summed E-state index contributed by atoms with van der Waals surface area (Å²) in [4.78, 5) is 13.9. The molecule has 0 aliphatic heterocycles. The predicted octanol–water partition coefficient (Wildman–Crippen LogP) is 2.40. The van der Waals surface area contributed by atoms with E-state index in [9.17, 15) is 4.79 Å². The van der Waals surface area contributed by atoms with Crippen LogP contribution < -0.4 is 10.5 Å². The maximum atomic E-state index is 12.3. The van der Waals surface area contributed by atoms with E-state index in [0.717, 1.165) is 16.9 Å². The van der Waals surface area contributed by atoms with Gasteiger partial charge in [-0.1, -0.05) is 42.5 Å². The molecule has 2 rings (SSSR count). The summed E-state index contributed by atoms with van der Waals surface area (Å²) in [6.07, 6.45) is 0.544. The van der Waals surface area contributed by atoms with Gasteiger partial charge in [0.1, 0.15) is 12.4 Å². The topological polar surface area (TPSA) is 55.6 Å². The van der Waals surface area contributed by atoms with Crippen LogP contribution in [0.1, 0.15) is 11.1 Å². The number of ether oxygens (including phenoxy) is 1. The van der Waals surface area contributed by atoms with Crippen molar-refractivity contribution < 1.29 is 9.53 Å². The molecule has 0 radical (unpaired) electrons. The number of carbonyl (C=O) groups is 1. The number of hydrogen-bond donors (Lipinski definition) is 1. The average molecular weight is 312 g/mol. The Morgan fingerprint density at radius 2 is 1.91 bits per heavy atom. The molecule has 23 heavy (non-hydrogen) atoms. The van der Waals surface area contributed by atoms with Crippen LogP contribution in [0.5, 0.6) is 5.75 Å². The second-order valence-corrected chi connectivity index (χ2v) is 5.72. The molecule has 0 saturated heterocycles. The zero-order chi connectivity index (χ0) is 16.7. The molecule has 2 aromatic carbocycles. The highest BCUT2D eigenvalue weighted by molar-refractivity contribution is 5.81. The first kappa shape index (κ1) is 17.0. The van der Waals surface area contributed by atoms with Gasteiger partial charge in [-0.2, -0.15) is 0 Å². The smallest absolute Gasteiger partial charge is 0.239 e. The summed E-state index contributed by atoms with van der Waals surface area (Å²) in [5, 5.41) is 0. The Bertz CT molecular complexity index is 628. The van der Waals surface area contributed by atoms with Crippen molar-refractivity contribution in [1.82, 2.24) is 4.90 Å². The van der Waals surface area contributed by atoms with Gasteiger partial charge in [0.2, 0.25) is 5.91 Å². The van der Waals surface area contributed by atoms with Gasteiger partial charge in [-0.15, -0.1) is 0 Å². The van der Waals surface area contributed by atoms with E-state index in [1.807, 2.05) is 61.5 Å². The summed E-state index contributed by atoms with van der Waals surface area (Å²) < 4.78 is 5.67. The molecule has 122 valence electrons. The molecule has 0 aliphatic rings. The maximum absolute atomic E-state index is 12.3. The quantitative estimate of drug-likeness (QED) is 0.854. The first-order valence-electron chi connectivity index (χ1n) is 7.80. The normalized spacial score (nSPS) is 11.8. The van der Waals surface area contributed by atoms with Gasteiger partial charge in [0.05, 0.1) is 12.6 Å². The van der Waals surface area contributed by atoms with Crippen molar-refractivity contribution in [2.24, 2.45) is 5.73 Å². The molecule has 0 aliphatic carbocycles. The van der Waals surface area contributed by atoms with Crippen LogP contribution in [-0.4, -0.2) is 37.0 Å². The second-order valence-electron chi connectivity index (χ2n) is 5.72. The third-order valence-corrected chi connectivity index (χ3v) is 3.68. The number of aryl methyl sites for hydroxylation is 1. The average Bonchev–Trinajstić information content (AvgIpc) is 2.55. The molecule has 2 N–H and O–H groups in total. The lowest BCUT2D eigenvalue weighted by Crippen LogP contribution is -2.44. The molecule has 0 aromatic heterocycles. The van der Waals surface area contributed by atoms with E-state index in [-0.39, 0.29) is 5.91 Å². The van der Waals surface area contributed by atoms with E-state index in [4.69, 9.17) is 10.5 Å². The number of likely N-dealkylation sites (N-methyl/N-ethyl adjacent to an activating group) is 1. The van der Waals surface area contributed by atoms with E-state index < -0.39 is 6.04 Å². The lowest BCUT2D eigenvalue weighted by molar-refractivity contribution is -0.131. The highest BCUT2D eigenvalue weighted by Crippen LogP contribution is 2.12.